The number of aryl methyl sites for hydroxylation is 2. The van der Waals surface area contributed by atoms with Crippen LogP contribution in [0.25, 0.3) is 0 Å². The minimum absolute atomic E-state index is 0.0201. The van der Waals surface area contributed by atoms with Crippen molar-refractivity contribution in [2.24, 2.45) is 5.41 Å². The number of nitrogens with zero attached hydrogens (tertiary/aromatic N) is 1. The Morgan fingerprint density at radius 2 is 2.25 bits per heavy atom. The van der Waals surface area contributed by atoms with Gasteiger partial charge in [-0.2, -0.15) is 0 Å². The van der Waals surface area contributed by atoms with Crippen LogP contribution in [0.3, 0.4) is 0 Å². The van der Waals surface area contributed by atoms with Crippen molar-refractivity contribution in [2.45, 2.75) is 52.0 Å². The summed E-state index contributed by atoms with van der Waals surface area (Å²) >= 11 is 1.55. The fourth-order valence-electron chi connectivity index (χ4n) is 2.34. The normalized spacial score (nSPS) is 24.2. The number of thioether (sulfide) groups is 1. The Morgan fingerprint density at radius 1 is 1.55 bits per heavy atom. The highest BCUT2D eigenvalue weighted by atomic mass is 32.2. The summed E-state index contributed by atoms with van der Waals surface area (Å²) in [7, 11) is 0. The van der Waals surface area contributed by atoms with E-state index in [-0.39, 0.29) is 23.5 Å². The molecule has 1 amide bonds. The number of aliphatic hydroxyl groups excluding tert-OH is 1. The van der Waals surface area contributed by atoms with Crippen LogP contribution >= 0.6 is 11.8 Å². The second-order valence-corrected chi connectivity index (χ2v) is 6.97. The van der Waals surface area contributed by atoms with E-state index in [1.54, 1.807) is 11.8 Å². The van der Waals surface area contributed by atoms with Crippen LogP contribution in [0.4, 0.5) is 0 Å². The molecule has 112 valence electrons. The summed E-state index contributed by atoms with van der Waals surface area (Å²) in [5, 5.41) is 16.5. The number of hydrogen-bond donors (Lipinski definition) is 2. The summed E-state index contributed by atoms with van der Waals surface area (Å²) in [6.07, 6.45) is 0.329. The zero-order chi connectivity index (χ0) is 14.9. The SMILES string of the molecule is Cc1noc(C)c1CSCC(=O)NC1CC(O)C1(C)C. The quantitative estimate of drug-likeness (QED) is 0.867. The summed E-state index contributed by atoms with van der Waals surface area (Å²) < 4.78 is 5.09. The summed E-state index contributed by atoms with van der Waals surface area (Å²) in [5.41, 5.74) is 1.74. The van der Waals surface area contributed by atoms with Gasteiger partial charge in [0, 0.05) is 22.8 Å². The largest absolute Gasteiger partial charge is 0.392 e. The maximum Gasteiger partial charge on any atom is 0.230 e. The summed E-state index contributed by atoms with van der Waals surface area (Å²) in [4.78, 5) is 11.9. The first-order valence-electron chi connectivity index (χ1n) is 6.79. The molecule has 2 N–H and O–H groups in total. The van der Waals surface area contributed by atoms with Crippen LogP contribution in [-0.4, -0.2) is 34.1 Å². The second-order valence-electron chi connectivity index (χ2n) is 5.99. The zero-order valence-electron chi connectivity index (χ0n) is 12.4. The Bertz CT molecular complexity index is 479. The van der Waals surface area contributed by atoms with Crippen LogP contribution in [-0.2, 0) is 10.5 Å². The Labute approximate surface area is 123 Å². The lowest BCUT2D eigenvalue weighted by Gasteiger charge is -2.49. The predicted octanol–water partition coefficient (Wildman–Crippen LogP) is 1.80. The van der Waals surface area contributed by atoms with E-state index < -0.39 is 0 Å². The topological polar surface area (TPSA) is 75.4 Å². The third-order valence-corrected chi connectivity index (χ3v) is 5.17. The van der Waals surface area contributed by atoms with E-state index in [2.05, 4.69) is 10.5 Å². The first-order valence-corrected chi connectivity index (χ1v) is 7.94. The van der Waals surface area contributed by atoms with Crippen molar-refractivity contribution in [1.82, 2.24) is 10.5 Å². The Balaban J connectivity index is 1.74. The van der Waals surface area contributed by atoms with Crippen LogP contribution in [0.1, 0.15) is 37.3 Å². The number of carbonyl (C=O) groups excluding carboxylic acids is 1. The van der Waals surface area contributed by atoms with Crippen LogP contribution < -0.4 is 5.32 Å². The molecular formula is C14H22N2O3S. The molecule has 0 saturated heterocycles. The first-order chi connectivity index (χ1) is 9.32. The highest BCUT2D eigenvalue weighted by Gasteiger charge is 2.47. The van der Waals surface area contributed by atoms with Crippen LogP contribution in [0.5, 0.6) is 0 Å². The van der Waals surface area contributed by atoms with Gasteiger partial charge in [0.1, 0.15) is 5.76 Å². The van der Waals surface area contributed by atoms with Gasteiger partial charge in [-0.25, -0.2) is 0 Å². The molecule has 6 heteroatoms. The molecule has 1 aliphatic carbocycles. The molecule has 0 radical (unpaired) electrons. The number of amides is 1. The first kappa shape index (κ1) is 15.4. The van der Waals surface area contributed by atoms with Crippen molar-refractivity contribution in [2.75, 3.05) is 5.75 Å². The van der Waals surface area contributed by atoms with Crippen LogP contribution in [0, 0.1) is 19.3 Å². The molecule has 0 aromatic carbocycles. The lowest BCUT2D eigenvalue weighted by atomic mass is 9.64. The van der Waals surface area contributed by atoms with Crippen molar-refractivity contribution in [3.63, 3.8) is 0 Å². The third kappa shape index (κ3) is 3.01. The zero-order valence-corrected chi connectivity index (χ0v) is 13.2. The number of aliphatic hydroxyl groups is 1. The van der Waals surface area contributed by atoms with E-state index in [9.17, 15) is 9.90 Å². The molecule has 1 aromatic heterocycles. The third-order valence-electron chi connectivity index (χ3n) is 4.21. The molecule has 2 unspecified atom stereocenters. The highest BCUT2D eigenvalue weighted by molar-refractivity contribution is 7.99. The number of rotatable bonds is 5. The van der Waals surface area contributed by atoms with Gasteiger partial charge in [0.2, 0.25) is 5.91 Å². The smallest absolute Gasteiger partial charge is 0.230 e. The fraction of sp³-hybridized carbons (Fsp3) is 0.714. The van der Waals surface area contributed by atoms with Gasteiger partial charge in [-0.15, -0.1) is 11.8 Å². The van der Waals surface area contributed by atoms with E-state index in [0.717, 1.165) is 22.8 Å². The molecule has 1 fully saturated rings. The molecular weight excluding hydrogens is 276 g/mol. The van der Waals surface area contributed by atoms with Crippen molar-refractivity contribution in [3.05, 3.63) is 17.0 Å². The molecule has 1 aromatic rings. The number of nitrogens with one attached hydrogen (secondary N) is 1. The Hall–Kier alpha value is -1.01. The van der Waals surface area contributed by atoms with Crippen molar-refractivity contribution < 1.29 is 14.4 Å². The van der Waals surface area contributed by atoms with Gasteiger partial charge >= 0.3 is 0 Å². The van der Waals surface area contributed by atoms with Crippen LogP contribution in [0.15, 0.2) is 4.52 Å². The van der Waals surface area contributed by atoms with Gasteiger partial charge in [0.05, 0.1) is 17.6 Å². The number of carbonyl (C=O) groups is 1. The summed E-state index contributed by atoms with van der Waals surface area (Å²) in [5.74, 6) is 1.98. The van der Waals surface area contributed by atoms with Gasteiger partial charge in [-0.3, -0.25) is 4.79 Å². The van der Waals surface area contributed by atoms with E-state index in [1.807, 2.05) is 27.7 Å². The molecule has 1 heterocycles. The number of aromatic nitrogens is 1. The molecule has 2 rings (SSSR count). The van der Waals surface area contributed by atoms with Gasteiger partial charge in [0.15, 0.2) is 0 Å². The minimum Gasteiger partial charge on any atom is -0.392 e. The van der Waals surface area contributed by atoms with Gasteiger partial charge in [-0.1, -0.05) is 19.0 Å². The molecule has 2 atom stereocenters. The Kier molecular flexibility index (Phi) is 4.44. The molecule has 0 bridgehead atoms. The maximum atomic E-state index is 11.9. The van der Waals surface area contributed by atoms with Crippen molar-refractivity contribution >= 4 is 17.7 Å². The lowest BCUT2D eigenvalue weighted by Crippen LogP contribution is -2.61. The second kappa shape index (κ2) is 5.77. The van der Waals surface area contributed by atoms with Crippen molar-refractivity contribution in [1.29, 1.82) is 0 Å². The molecule has 5 nitrogen and oxygen atoms in total. The summed E-state index contributed by atoms with van der Waals surface area (Å²) in [6.45, 7) is 7.74. The Morgan fingerprint density at radius 3 is 2.75 bits per heavy atom. The molecule has 1 saturated carbocycles. The fourth-order valence-corrected chi connectivity index (χ4v) is 3.32. The predicted molar refractivity (Wildman–Crippen MR) is 78.5 cm³/mol. The van der Waals surface area contributed by atoms with Gasteiger partial charge in [0.25, 0.3) is 0 Å². The molecule has 0 aliphatic heterocycles. The monoisotopic (exact) mass is 298 g/mol. The van der Waals surface area contributed by atoms with E-state index in [1.165, 1.54) is 0 Å². The average molecular weight is 298 g/mol. The lowest BCUT2D eigenvalue weighted by molar-refractivity contribution is -0.126. The number of hydrogen-bond acceptors (Lipinski definition) is 5. The summed E-state index contributed by atoms with van der Waals surface area (Å²) in [6, 6.07) is 0.0738. The average Bonchev–Trinajstić information content (AvgIpc) is 2.70. The van der Waals surface area contributed by atoms with E-state index >= 15 is 0 Å². The minimum atomic E-state index is -0.317. The van der Waals surface area contributed by atoms with E-state index in [0.29, 0.717) is 12.2 Å². The van der Waals surface area contributed by atoms with Gasteiger partial charge < -0.3 is 14.9 Å². The molecule has 0 spiro atoms. The standard InChI is InChI=1S/C14H22N2O3S/c1-8-10(9(2)19-16-8)6-20-7-13(18)15-11-5-12(17)14(11,3)4/h11-12,17H,5-7H2,1-4H3,(H,15,18). The van der Waals surface area contributed by atoms with Gasteiger partial charge in [-0.05, 0) is 20.3 Å². The van der Waals surface area contributed by atoms with Crippen molar-refractivity contribution in [3.8, 4) is 0 Å². The highest BCUT2D eigenvalue weighted by Crippen LogP contribution is 2.40. The van der Waals surface area contributed by atoms with Crippen LogP contribution in [0.2, 0.25) is 0 Å². The maximum absolute atomic E-state index is 11.9. The molecule has 1 aliphatic rings. The van der Waals surface area contributed by atoms with E-state index in [4.69, 9.17) is 4.52 Å². The molecule has 20 heavy (non-hydrogen) atoms.